The van der Waals surface area contributed by atoms with Crippen molar-refractivity contribution >= 4 is 22.8 Å². The second-order valence-corrected chi connectivity index (χ2v) is 6.26. The summed E-state index contributed by atoms with van der Waals surface area (Å²) in [7, 11) is 2.28. The molecule has 1 atom stereocenters. The minimum absolute atomic E-state index is 0.0666. The number of para-hydroxylation sites is 1. The van der Waals surface area contributed by atoms with E-state index in [1.54, 1.807) is 24.3 Å². The van der Waals surface area contributed by atoms with Gasteiger partial charge in [0.15, 0.2) is 0 Å². The van der Waals surface area contributed by atoms with Crippen LogP contribution in [0.2, 0.25) is 0 Å². The Kier molecular flexibility index (Phi) is 5.49. The first-order chi connectivity index (χ1) is 13.9. The number of aromatic hydroxyl groups is 1. The number of aromatic nitrogens is 2. The Bertz CT molecular complexity index is 1210. The lowest BCUT2D eigenvalue weighted by Gasteiger charge is -2.18. The number of esters is 2. The molecule has 0 spiro atoms. The van der Waals surface area contributed by atoms with Crippen LogP contribution in [0.1, 0.15) is 33.8 Å². The maximum Gasteiger partial charge on any atom is 0.343 e. The molecule has 0 aliphatic rings. The van der Waals surface area contributed by atoms with Crippen LogP contribution < -0.4 is 11.1 Å². The van der Waals surface area contributed by atoms with E-state index in [0.717, 1.165) is 13.3 Å². The molecule has 3 N–H and O–H groups in total. The molecule has 0 radical (unpaired) electrons. The number of hydrogen-bond donors (Lipinski definition) is 3. The van der Waals surface area contributed by atoms with E-state index in [1.165, 1.54) is 13.2 Å². The number of fused-ring (bicyclic) bond motifs is 1. The van der Waals surface area contributed by atoms with Crippen molar-refractivity contribution in [2.45, 2.75) is 12.3 Å². The summed E-state index contributed by atoms with van der Waals surface area (Å²) in [5.74, 6) is -3.42. The zero-order valence-corrected chi connectivity index (χ0v) is 15.6. The summed E-state index contributed by atoms with van der Waals surface area (Å²) in [5.41, 5.74) is -1.26. The van der Waals surface area contributed by atoms with E-state index in [1.807, 2.05) is 0 Å². The molecule has 9 heteroatoms. The van der Waals surface area contributed by atoms with Crippen molar-refractivity contribution in [3.63, 3.8) is 0 Å². The molecule has 29 heavy (non-hydrogen) atoms. The number of carbonyl (C=O) groups excluding carboxylic acids is 2. The van der Waals surface area contributed by atoms with Crippen molar-refractivity contribution in [2.24, 2.45) is 0 Å². The fourth-order valence-corrected chi connectivity index (χ4v) is 3.17. The maximum atomic E-state index is 12.7. The number of H-pyrrole nitrogens is 2. The number of hydrogen-bond acceptors (Lipinski definition) is 7. The van der Waals surface area contributed by atoms with E-state index in [9.17, 15) is 24.3 Å². The zero-order chi connectivity index (χ0) is 21.1. The Morgan fingerprint density at radius 3 is 2.52 bits per heavy atom. The largest absolute Gasteiger partial charge is 0.506 e. The number of nitrogens with one attached hydrogen (secondary N) is 2. The van der Waals surface area contributed by atoms with E-state index in [2.05, 4.69) is 14.7 Å². The van der Waals surface area contributed by atoms with Crippen LogP contribution in [0.15, 0.2) is 46.1 Å². The first-order valence-corrected chi connectivity index (χ1v) is 8.59. The quantitative estimate of drug-likeness (QED) is 0.552. The normalized spacial score (nSPS) is 11.8. The molecular weight excluding hydrogens is 380 g/mol. The van der Waals surface area contributed by atoms with Gasteiger partial charge >= 0.3 is 11.9 Å². The molecule has 0 bridgehead atoms. The van der Waals surface area contributed by atoms with Gasteiger partial charge in [0.1, 0.15) is 11.3 Å². The lowest BCUT2D eigenvalue weighted by Crippen LogP contribution is -2.26. The van der Waals surface area contributed by atoms with E-state index in [0.29, 0.717) is 10.9 Å². The van der Waals surface area contributed by atoms with Gasteiger partial charge in [-0.1, -0.05) is 18.2 Å². The summed E-state index contributed by atoms with van der Waals surface area (Å²) in [6.45, 7) is 0. The SMILES string of the molecule is COC(=O)C[C@@H](c1cc2ccccc2[nH]c1=O)c1c(O)c(C(=O)OC)c[nH]c1=O. The summed E-state index contributed by atoms with van der Waals surface area (Å²) in [4.78, 5) is 54.2. The summed E-state index contributed by atoms with van der Waals surface area (Å²) in [6, 6.07) is 8.50. The number of carbonyl (C=O) groups is 2. The predicted octanol–water partition coefficient (Wildman–Crippen LogP) is 1.40. The Balaban J connectivity index is 2.29. The van der Waals surface area contributed by atoms with Crippen molar-refractivity contribution in [1.29, 1.82) is 0 Å². The van der Waals surface area contributed by atoms with Gasteiger partial charge in [-0.25, -0.2) is 4.79 Å². The smallest absolute Gasteiger partial charge is 0.343 e. The summed E-state index contributed by atoms with van der Waals surface area (Å²) >= 11 is 0. The minimum Gasteiger partial charge on any atom is -0.506 e. The van der Waals surface area contributed by atoms with Crippen LogP contribution in [-0.4, -0.2) is 41.2 Å². The Labute approximate surface area is 163 Å². The van der Waals surface area contributed by atoms with Crippen LogP contribution in [0.5, 0.6) is 5.75 Å². The highest BCUT2D eigenvalue weighted by Gasteiger charge is 2.30. The van der Waals surface area contributed by atoms with Crippen molar-refractivity contribution in [1.82, 2.24) is 9.97 Å². The maximum absolute atomic E-state index is 12.7. The standard InChI is InChI=1S/C20H18N2O7/c1-28-15(23)8-11(12-7-10-5-3-4-6-14(10)22-18(12)25)16-17(24)13(20(27)29-2)9-21-19(16)26/h3-7,9,11H,8H2,1-2H3,(H,22,25)(H2,21,24,26)/t11-/m0/s1. The Morgan fingerprint density at radius 1 is 1.10 bits per heavy atom. The Morgan fingerprint density at radius 2 is 1.83 bits per heavy atom. The molecular formula is C20H18N2O7. The highest BCUT2D eigenvalue weighted by atomic mass is 16.5. The number of benzene rings is 1. The van der Waals surface area contributed by atoms with Crippen LogP contribution in [0.3, 0.4) is 0 Å². The van der Waals surface area contributed by atoms with Crippen molar-refractivity contribution in [3.8, 4) is 5.75 Å². The Hall–Kier alpha value is -3.88. The van der Waals surface area contributed by atoms with Gasteiger partial charge in [0.05, 0.1) is 26.2 Å². The zero-order valence-electron chi connectivity index (χ0n) is 15.6. The van der Waals surface area contributed by atoms with Gasteiger partial charge in [-0.2, -0.15) is 0 Å². The molecule has 9 nitrogen and oxygen atoms in total. The van der Waals surface area contributed by atoms with E-state index in [-0.39, 0.29) is 16.7 Å². The van der Waals surface area contributed by atoms with E-state index in [4.69, 9.17) is 4.74 Å². The van der Waals surface area contributed by atoms with E-state index >= 15 is 0 Å². The fourth-order valence-electron chi connectivity index (χ4n) is 3.17. The average molecular weight is 398 g/mol. The van der Waals surface area contributed by atoms with Gasteiger partial charge in [0.2, 0.25) is 0 Å². The van der Waals surface area contributed by atoms with Gasteiger partial charge < -0.3 is 24.5 Å². The molecule has 0 amide bonds. The van der Waals surface area contributed by atoms with Gasteiger partial charge in [-0.15, -0.1) is 0 Å². The van der Waals surface area contributed by atoms with Crippen molar-refractivity contribution in [2.75, 3.05) is 14.2 Å². The van der Waals surface area contributed by atoms with Crippen molar-refractivity contribution in [3.05, 3.63) is 73.9 Å². The second-order valence-electron chi connectivity index (χ2n) is 6.26. The fraction of sp³-hybridized carbons (Fsp3) is 0.200. The van der Waals surface area contributed by atoms with Gasteiger partial charge in [-0.05, 0) is 17.5 Å². The minimum atomic E-state index is -1.16. The van der Waals surface area contributed by atoms with Gasteiger partial charge in [-0.3, -0.25) is 14.4 Å². The van der Waals surface area contributed by atoms with Crippen LogP contribution in [0.25, 0.3) is 10.9 Å². The topological polar surface area (TPSA) is 139 Å². The first kappa shape index (κ1) is 19.9. The molecule has 3 rings (SSSR count). The van der Waals surface area contributed by atoms with Crippen molar-refractivity contribution < 1.29 is 24.2 Å². The third-order valence-electron chi connectivity index (χ3n) is 4.61. The molecule has 0 fully saturated rings. The molecule has 0 aliphatic heterocycles. The number of rotatable bonds is 5. The lowest BCUT2D eigenvalue weighted by atomic mass is 9.88. The predicted molar refractivity (Wildman–Crippen MR) is 103 cm³/mol. The first-order valence-electron chi connectivity index (χ1n) is 8.59. The third-order valence-corrected chi connectivity index (χ3v) is 4.61. The number of ether oxygens (including phenoxy) is 2. The van der Waals surface area contributed by atoms with Gasteiger partial charge in [0, 0.05) is 23.2 Å². The van der Waals surface area contributed by atoms with Crippen LogP contribution in [0, 0.1) is 0 Å². The van der Waals surface area contributed by atoms with Crippen LogP contribution in [-0.2, 0) is 14.3 Å². The highest BCUT2D eigenvalue weighted by Crippen LogP contribution is 2.33. The second kappa shape index (κ2) is 8.01. The molecule has 0 unspecified atom stereocenters. The number of methoxy groups -OCH3 is 2. The molecule has 1 aromatic carbocycles. The molecule has 2 aromatic heterocycles. The molecule has 0 aliphatic carbocycles. The molecule has 2 heterocycles. The van der Waals surface area contributed by atoms with E-state index < -0.39 is 41.1 Å². The van der Waals surface area contributed by atoms with Crippen LogP contribution >= 0.6 is 0 Å². The number of aromatic amines is 2. The molecule has 150 valence electrons. The summed E-state index contributed by atoms with van der Waals surface area (Å²) in [5, 5.41) is 11.3. The molecule has 0 saturated heterocycles. The summed E-state index contributed by atoms with van der Waals surface area (Å²) in [6.07, 6.45) is 0.603. The summed E-state index contributed by atoms with van der Waals surface area (Å²) < 4.78 is 9.29. The third kappa shape index (κ3) is 3.75. The molecule has 3 aromatic rings. The highest BCUT2D eigenvalue weighted by molar-refractivity contribution is 5.92. The monoisotopic (exact) mass is 398 g/mol. The van der Waals surface area contributed by atoms with Gasteiger partial charge in [0.25, 0.3) is 11.1 Å². The number of pyridine rings is 2. The lowest BCUT2D eigenvalue weighted by molar-refractivity contribution is -0.140. The average Bonchev–Trinajstić information content (AvgIpc) is 2.72. The molecule has 0 saturated carbocycles. The van der Waals surface area contributed by atoms with Crippen LogP contribution in [0.4, 0.5) is 0 Å².